The summed E-state index contributed by atoms with van der Waals surface area (Å²) in [6, 6.07) is 13.7. The molecule has 0 radical (unpaired) electrons. The summed E-state index contributed by atoms with van der Waals surface area (Å²) in [4.78, 5) is 10.0. The van der Waals surface area contributed by atoms with E-state index in [1.165, 1.54) is 0 Å². The van der Waals surface area contributed by atoms with Crippen LogP contribution in [0.3, 0.4) is 0 Å². The van der Waals surface area contributed by atoms with Crippen LogP contribution in [0.2, 0.25) is 0 Å². The highest BCUT2D eigenvalue weighted by Gasteiger charge is 2.17. The van der Waals surface area contributed by atoms with E-state index in [-0.39, 0.29) is 0 Å². The fourth-order valence-electron chi connectivity index (χ4n) is 1.96. The Morgan fingerprint density at radius 1 is 0.826 bits per heavy atom. The third-order valence-electron chi connectivity index (χ3n) is 2.89. The maximum absolute atomic E-state index is 12.2. The quantitative estimate of drug-likeness (QED) is 0.630. The minimum absolute atomic E-state index is 0.526. The average Bonchev–Trinajstić information content (AvgIpc) is 2.51. The molecule has 2 aromatic rings. The summed E-state index contributed by atoms with van der Waals surface area (Å²) in [5.74, 6) is 1.43. The van der Waals surface area contributed by atoms with Crippen LogP contribution in [-0.2, 0) is 4.57 Å². The second-order valence-corrected chi connectivity index (χ2v) is 6.31. The first-order valence-electron chi connectivity index (χ1n) is 7.37. The molecular formula is C16H21N2O4P. The summed E-state index contributed by atoms with van der Waals surface area (Å²) in [6.07, 6.45) is 0. The molecule has 3 N–H and O–H groups in total. The number of hydrogen-bond acceptors (Lipinski definition) is 3. The number of benzene rings is 2. The number of hydrogen-bond donors (Lipinski definition) is 3. The van der Waals surface area contributed by atoms with Gasteiger partial charge in [0.1, 0.15) is 11.5 Å². The largest absolute Gasteiger partial charge is 0.494 e. The Morgan fingerprint density at radius 3 is 1.48 bits per heavy atom. The molecule has 0 aliphatic carbocycles. The highest BCUT2D eigenvalue weighted by molar-refractivity contribution is 7.61. The molecule has 0 aromatic heterocycles. The predicted molar refractivity (Wildman–Crippen MR) is 92.3 cm³/mol. The first-order valence-corrected chi connectivity index (χ1v) is 9.03. The topological polar surface area (TPSA) is 79.8 Å². The molecule has 0 amide bonds. The van der Waals surface area contributed by atoms with Gasteiger partial charge >= 0.3 is 7.67 Å². The average molecular weight is 336 g/mol. The van der Waals surface area contributed by atoms with Crippen molar-refractivity contribution in [1.82, 2.24) is 0 Å². The zero-order chi connectivity index (χ0) is 16.7. The first kappa shape index (κ1) is 17.2. The standard InChI is InChI=1S/C16H21N2O4P/c1-3-21-15-9-5-13(6-10-15)17-23(19,20)18-14-7-11-16(12-8-14)22-4-2/h5-12H,3-4H2,1-2H3,(H3,17,18,19,20). The fourth-order valence-corrected chi connectivity index (χ4v) is 3.02. The summed E-state index contributed by atoms with van der Waals surface area (Å²) < 4.78 is 22.9. The molecule has 0 bridgehead atoms. The Bertz CT molecular complexity index is 603. The van der Waals surface area contributed by atoms with E-state index in [0.717, 1.165) is 0 Å². The molecule has 0 unspecified atom stereocenters. The predicted octanol–water partition coefficient (Wildman–Crippen LogP) is 4.11. The Kier molecular flexibility index (Phi) is 5.90. The lowest BCUT2D eigenvalue weighted by atomic mass is 10.3. The van der Waals surface area contributed by atoms with Gasteiger partial charge < -0.3 is 14.4 Å². The molecule has 2 rings (SSSR count). The van der Waals surface area contributed by atoms with Crippen molar-refractivity contribution in [2.45, 2.75) is 13.8 Å². The number of anilines is 2. The molecule has 0 spiro atoms. The van der Waals surface area contributed by atoms with Crippen molar-refractivity contribution >= 4 is 19.0 Å². The van der Waals surface area contributed by atoms with Gasteiger partial charge in [-0.1, -0.05) is 0 Å². The van der Waals surface area contributed by atoms with Gasteiger partial charge in [-0.3, -0.25) is 10.2 Å². The van der Waals surface area contributed by atoms with Gasteiger partial charge in [0, 0.05) is 11.4 Å². The molecular weight excluding hydrogens is 315 g/mol. The third kappa shape index (κ3) is 5.51. The lowest BCUT2D eigenvalue weighted by Gasteiger charge is -2.17. The van der Waals surface area contributed by atoms with Crippen molar-refractivity contribution in [2.75, 3.05) is 23.4 Å². The summed E-state index contributed by atoms with van der Waals surface area (Å²) in [5, 5.41) is 5.18. The highest BCUT2D eigenvalue weighted by Crippen LogP contribution is 2.41. The molecule has 0 aliphatic heterocycles. The van der Waals surface area contributed by atoms with Crippen LogP contribution in [0.5, 0.6) is 11.5 Å². The Morgan fingerprint density at radius 2 is 1.17 bits per heavy atom. The van der Waals surface area contributed by atoms with E-state index in [9.17, 15) is 9.46 Å². The molecule has 0 atom stereocenters. The van der Waals surface area contributed by atoms with E-state index in [1.807, 2.05) is 13.8 Å². The van der Waals surface area contributed by atoms with E-state index >= 15 is 0 Å². The lowest BCUT2D eigenvalue weighted by Crippen LogP contribution is -2.05. The minimum Gasteiger partial charge on any atom is -0.494 e. The van der Waals surface area contributed by atoms with Crippen LogP contribution in [0.1, 0.15) is 13.8 Å². The van der Waals surface area contributed by atoms with Gasteiger partial charge in [-0.15, -0.1) is 0 Å². The Labute approximate surface area is 136 Å². The van der Waals surface area contributed by atoms with Gasteiger partial charge in [0.25, 0.3) is 0 Å². The van der Waals surface area contributed by atoms with E-state index in [0.29, 0.717) is 36.1 Å². The van der Waals surface area contributed by atoms with Gasteiger partial charge in [0.05, 0.1) is 13.2 Å². The van der Waals surface area contributed by atoms with Crippen LogP contribution >= 0.6 is 7.67 Å². The molecule has 0 saturated carbocycles. The van der Waals surface area contributed by atoms with E-state index in [2.05, 4.69) is 10.2 Å². The molecule has 6 nitrogen and oxygen atoms in total. The smallest absolute Gasteiger partial charge is 0.389 e. The summed E-state index contributed by atoms with van der Waals surface area (Å²) >= 11 is 0. The summed E-state index contributed by atoms with van der Waals surface area (Å²) in [7, 11) is -3.78. The number of rotatable bonds is 8. The maximum atomic E-state index is 12.2. The molecule has 0 heterocycles. The van der Waals surface area contributed by atoms with Gasteiger partial charge in [0.2, 0.25) is 0 Å². The van der Waals surface area contributed by atoms with E-state index in [4.69, 9.17) is 9.47 Å². The zero-order valence-corrected chi connectivity index (χ0v) is 14.0. The first-order chi connectivity index (χ1) is 11.0. The zero-order valence-electron chi connectivity index (χ0n) is 13.2. The SMILES string of the molecule is CCOc1ccc(NP(=O)(O)Nc2ccc(OCC)cc2)cc1. The van der Waals surface area contributed by atoms with Crippen LogP contribution in [0.25, 0.3) is 0 Å². The van der Waals surface area contributed by atoms with Crippen molar-refractivity contribution in [2.24, 2.45) is 0 Å². The van der Waals surface area contributed by atoms with Crippen LogP contribution in [-0.4, -0.2) is 18.1 Å². The van der Waals surface area contributed by atoms with E-state index in [1.54, 1.807) is 48.5 Å². The monoisotopic (exact) mass is 336 g/mol. The second-order valence-electron chi connectivity index (χ2n) is 4.71. The van der Waals surface area contributed by atoms with Crippen LogP contribution in [0.15, 0.2) is 48.5 Å². The van der Waals surface area contributed by atoms with Crippen LogP contribution in [0.4, 0.5) is 11.4 Å². The van der Waals surface area contributed by atoms with Crippen molar-refractivity contribution in [3.63, 3.8) is 0 Å². The molecule has 7 heteroatoms. The van der Waals surface area contributed by atoms with E-state index < -0.39 is 7.67 Å². The highest BCUT2D eigenvalue weighted by atomic mass is 31.2. The molecule has 124 valence electrons. The van der Waals surface area contributed by atoms with Crippen molar-refractivity contribution in [3.8, 4) is 11.5 Å². The second kappa shape index (κ2) is 7.90. The van der Waals surface area contributed by atoms with Gasteiger partial charge in [0.15, 0.2) is 0 Å². The molecule has 0 fully saturated rings. The lowest BCUT2D eigenvalue weighted by molar-refractivity contribution is 0.340. The summed E-state index contributed by atoms with van der Waals surface area (Å²) in [5.41, 5.74) is 1.05. The van der Waals surface area contributed by atoms with Crippen LogP contribution < -0.4 is 19.6 Å². The van der Waals surface area contributed by atoms with Crippen LogP contribution in [0, 0.1) is 0 Å². The summed E-state index contributed by atoms with van der Waals surface area (Å²) in [6.45, 7) is 4.94. The van der Waals surface area contributed by atoms with Gasteiger partial charge in [-0.05, 0) is 62.4 Å². The Balaban J connectivity index is 1.99. The van der Waals surface area contributed by atoms with Gasteiger partial charge in [-0.2, -0.15) is 0 Å². The maximum Gasteiger partial charge on any atom is 0.389 e. The normalized spacial score (nSPS) is 10.9. The number of nitrogens with one attached hydrogen (secondary N) is 2. The molecule has 23 heavy (non-hydrogen) atoms. The Hall–Kier alpha value is -2.17. The minimum atomic E-state index is -3.78. The number of ether oxygens (including phenoxy) is 2. The fraction of sp³-hybridized carbons (Fsp3) is 0.250. The van der Waals surface area contributed by atoms with Crippen molar-refractivity contribution < 1.29 is 18.9 Å². The molecule has 0 saturated heterocycles. The molecule has 0 aliphatic rings. The van der Waals surface area contributed by atoms with Crippen molar-refractivity contribution in [3.05, 3.63) is 48.5 Å². The molecule has 2 aromatic carbocycles. The van der Waals surface area contributed by atoms with Crippen molar-refractivity contribution in [1.29, 1.82) is 0 Å². The third-order valence-corrected chi connectivity index (χ3v) is 4.01. The van der Waals surface area contributed by atoms with Gasteiger partial charge in [-0.25, -0.2) is 4.57 Å².